The predicted octanol–water partition coefficient (Wildman–Crippen LogP) is 2.25. The molecule has 15 heavy (non-hydrogen) atoms. The molecule has 4 nitrogen and oxygen atoms in total. The Morgan fingerprint density at radius 1 is 1.33 bits per heavy atom. The molecule has 0 radical (unpaired) electrons. The van der Waals surface area contributed by atoms with E-state index in [-0.39, 0.29) is 0 Å². The molecule has 0 amide bonds. The number of aryl methyl sites for hydroxylation is 2. The zero-order valence-corrected chi connectivity index (χ0v) is 9.78. The van der Waals surface area contributed by atoms with Gasteiger partial charge < -0.3 is 4.74 Å². The van der Waals surface area contributed by atoms with Gasteiger partial charge in [-0.15, -0.1) is 21.5 Å². The van der Waals surface area contributed by atoms with Crippen molar-refractivity contribution < 1.29 is 4.74 Å². The van der Waals surface area contributed by atoms with E-state index >= 15 is 0 Å². The highest BCUT2D eigenvalue weighted by Gasteiger charge is 1.92. The van der Waals surface area contributed by atoms with Crippen LogP contribution in [0.1, 0.15) is 10.7 Å². The van der Waals surface area contributed by atoms with E-state index in [1.54, 1.807) is 30.2 Å². The fraction of sp³-hybridized carbons (Fsp3) is 0.300. The maximum Gasteiger partial charge on any atom is 0.140 e. The van der Waals surface area contributed by atoms with Crippen LogP contribution < -0.4 is 4.74 Å². The summed E-state index contributed by atoms with van der Waals surface area (Å²) in [5, 5.41) is 8.30. The summed E-state index contributed by atoms with van der Waals surface area (Å²) in [5.41, 5.74) is 2.65. The second kappa shape index (κ2) is 6.08. The molecule has 0 unspecified atom stereocenters. The number of aromatic nitrogens is 3. The third kappa shape index (κ3) is 4.03. The Morgan fingerprint density at radius 2 is 2.13 bits per heavy atom. The Labute approximate surface area is 93.0 Å². The van der Waals surface area contributed by atoms with Gasteiger partial charge in [-0.1, -0.05) is 0 Å². The topological polar surface area (TPSA) is 47.9 Å². The summed E-state index contributed by atoms with van der Waals surface area (Å²) >= 11 is 1.56. The molecule has 0 saturated heterocycles. The average molecular weight is 223 g/mol. The van der Waals surface area contributed by atoms with Crippen LogP contribution in [0.4, 0.5) is 0 Å². The molecule has 0 bridgehead atoms. The maximum atomic E-state index is 4.98. The third-order valence-electron chi connectivity index (χ3n) is 1.65. The highest BCUT2D eigenvalue weighted by atomic mass is 32.1. The van der Waals surface area contributed by atoms with Crippen molar-refractivity contribution in [2.75, 3.05) is 7.11 Å². The monoisotopic (exact) mass is 223 g/mol. The highest BCUT2D eigenvalue weighted by molar-refractivity contribution is 7.09. The van der Waals surface area contributed by atoms with Gasteiger partial charge in [-0.2, -0.15) is 0 Å². The van der Waals surface area contributed by atoms with Crippen LogP contribution in [-0.4, -0.2) is 22.3 Å². The van der Waals surface area contributed by atoms with Crippen LogP contribution in [0.3, 0.4) is 0 Å². The van der Waals surface area contributed by atoms with E-state index < -0.39 is 0 Å². The van der Waals surface area contributed by atoms with Crippen molar-refractivity contribution >= 4 is 11.3 Å². The Bertz CT molecular complexity index is 389. The van der Waals surface area contributed by atoms with Gasteiger partial charge in [-0.3, -0.25) is 4.98 Å². The number of hydrogen-bond acceptors (Lipinski definition) is 5. The van der Waals surface area contributed by atoms with Gasteiger partial charge >= 0.3 is 0 Å². The number of hydrogen-bond donors (Lipinski definition) is 0. The first-order valence-corrected chi connectivity index (χ1v) is 5.30. The minimum atomic E-state index is 0.845. The van der Waals surface area contributed by atoms with E-state index in [0.717, 1.165) is 16.5 Å². The first-order chi connectivity index (χ1) is 7.24. The minimum Gasteiger partial charge on any atom is -0.495 e. The quantitative estimate of drug-likeness (QED) is 0.744. The molecule has 0 aliphatic carbocycles. The van der Waals surface area contributed by atoms with E-state index in [2.05, 4.69) is 15.2 Å². The molecule has 0 aliphatic rings. The van der Waals surface area contributed by atoms with Crippen molar-refractivity contribution in [1.29, 1.82) is 0 Å². The summed E-state index contributed by atoms with van der Waals surface area (Å²) in [6, 6.07) is 3.74. The molecular formula is C10H13N3OS. The lowest BCUT2D eigenvalue weighted by Crippen LogP contribution is -1.87. The van der Waals surface area contributed by atoms with Crippen molar-refractivity contribution in [3.05, 3.63) is 34.5 Å². The summed E-state index contributed by atoms with van der Waals surface area (Å²) in [6.45, 7) is 3.84. The van der Waals surface area contributed by atoms with E-state index in [9.17, 15) is 0 Å². The number of rotatable bonds is 1. The molecule has 0 spiro atoms. The largest absolute Gasteiger partial charge is 0.495 e. The van der Waals surface area contributed by atoms with Crippen LogP contribution in [0.2, 0.25) is 0 Å². The smallest absolute Gasteiger partial charge is 0.140 e. The number of methoxy groups -OCH3 is 1. The van der Waals surface area contributed by atoms with Crippen molar-refractivity contribution in [2.45, 2.75) is 13.8 Å². The van der Waals surface area contributed by atoms with Crippen molar-refractivity contribution in [3.63, 3.8) is 0 Å². The van der Waals surface area contributed by atoms with Gasteiger partial charge in [0.25, 0.3) is 0 Å². The zero-order valence-electron chi connectivity index (χ0n) is 8.97. The Balaban J connectivity index is 0.000000162. The zero-order chi connectivity index (χ0) is 11.1. The second-order valence-corrected chi connectivity index (χ2v) is 3.79. The SMILES string of the molecule is COc1cccnc1C.Cc1nncs1. The van der Waals surface area contributed by atoms with Gasteiger partial charge in [0.2, 0.25) is 0 Å². The molecule has 0 fully saturated rings. The van der Waals surface area contributed by atoms with Crippen molar-refractivity contribution in [3.8, 4) is 5.75 Å². The summed E-state index contributed by atoms with van der Waals surface area (Å²) in [5.74, 6) is 0.845. The molecule has 2 rings (SSSR count). The van der Waals surface area contributed by atoms with Gasteiger partial charge in [-0.05, 0) is 26.0 Å². The predicted molar refractivity (Wildman–Crippen MR) is 60.2 cm³/mol. The molecule has 0 aliphatic heterocycles. The molecule has 0 aromatic carbocycles. The van der Waals surface area contributed by atoms with E-state index in [1.807, 2.05) is 26.0 Å². The Hall–Kier alpha value is -1.49. The molecule has 0 saturated carbocycles. The molecule has 2 heterocycles. The Kier molecular flexibility index (Phi) is 4.70. The lowest BCUT2D eigenvalue weighted by molar-refractivity contribution is 0.409. The van der Waals surface area contributed by atoms with Crippen LogP contribution in [0.25, 0.3) is 0 Å². The number of ether oxygens (including phenoxy) is 1. The Morgan fingerprint density at radius 3 is 2.47 bits per heavy atom. The highest BCUT2D eigenvalue weighted by Crippen LogP contribution is 2.11. The first-order valence-electron chi connectivity index (χ1n) is 4.42. The van der Waals surface area contributed by atoms with Crippen LogP contribution in [-0.2, 0) is 0 Å². The van der Waals surface area contributed by atoms with Gasteiger partial charge in [0.1, 0.15) is 16.3 Å². The second-order valence-electron chi connectivity index (χ2n) is 2.75. The molecule has 2 aromatic rings. The summed E-state index contributed by atoms with van der Waals surface area (Å²) in [4.78, 5) is 4.02. The van der Waals surface area contributed by atoms with E-state index in [4.69, 9.17) is 4.74 Å². The normalized spacial score (nSPS) is 9.00. The molecular weight excluding hydrogens is 210 g/mol. The lowest BCUT2D eigenvalue weighted by atomic mass is 10.3. The minimum absolute atomic E-state index is 0.845. The van der Waals surface area contributed by atoms with Crippen LogP contribution >= 0.6 is 11.3 Å². The first kappa shape index (κ1) is 11.6. The standard InChI is InChI=1S/C7H9NO.C3H4N2S/c1-6-7(9-2)4-3-5-8-6;1-3-5-4-2-6-3/h3-5H,1-2H3;2H,1H3. The van der Waals surface area contributed by atoms with Gasteiger partial charge in [-0.25, -0.2) is 0 Å². The fourth-order valence-corrected chi connectivity index (χ4v) is 1.25. The molecule has 0 N–H and O–H groups in total. The summed E-state index contributed by atoms with van der Waals surface area (Å²) < 4.78 is 4.98. The molecule has 0 atom stereocenters. The van der Waals surface area contributed by atoms with Gasteiger partial charge in [0, 0.05) is 6.20 Å². The average Bonchev–Trinajstić information content (AvgIpc) is 2.71. The van der Waals surface area contributed by atoms with E-state index in [0.29, 0.717) is 0 Å². The van der Waals surface area contributed by atoms with Crippen LogP contribution in [0, 0.1) is 13.8 Å². The van der Waals surface area contributed by atoms with Crippen molar-refractivity contribution in [2.24, 2.45) is 0 Å². The third-order valence-corrected chi connectivity index (χ3v) is 2.27. The maximum absolute atomic E-state index is 4.98. The summed E-state index contributed by atoms with van der Waals surface area (Å²) in [6.07, 6.45) is 1.75. The molecule has 2 aromatic heterocycles. The lowest BCUT2D eigenvalue weighted by Gasteiger charge is -1.99. The number of pyridine rings is 1. The molecule has 80 valence electrons. The number of nitrogens with zero attached hydrogens (tertiary/aromatic N) is 3. The van der Waals surface area contributed by atoms with E-state index in [1.165, 1.54) is 0 Å². The van der Waals surface area contributed by atoms with Gasteiger partial charge in [0.05, 0.1) is 12.8 Å². The van der Waals surface area contributed by atoms with Crippen molar-refractivity contribution in [1.82, 2.24) is 15.2 Å². The van der Waals surface area contributed by atoms with Crippen LogP contribution in [0.15, 0.2) is 23.8 Å². The van der Waals surface area contributed by atoms with Gasteiger partial charge in [0.15, 0.2) is 0 Å². The fourth-order valence-electron chi connectivity index (χ4n) is 0.914. The molecule has 5 heteroatoms. The van der Waals surface area contributed by atoms with Crippen LogP contribution in [0.5, 0.6) is 5.75 Å². The summed E-state index contributed by atoms with van der Waals surface area (Å²) in [7, 11) is 1.64.